The topological polar surface area (TPSA) is 16.4 Å². The Morgan fingerprint density at radius 3 is 1.52 bits per heavy atom. The molecule has 0 unspecified atom stereocenters. The molecule has 0 spiro atoms. The highest BCUT2D eigenvalue weighted by Crippen LogP contribution is 2.58. The van der Waals surface area contributed by atoms with E-state index in [1.165, 1.54) is 72.0 Å². The van der Waals surface area contributed by atoms with Gasteiger partial charge in [0, 0.05) is 27.7 Å². The average molecular weight is 930 g/mol. The summed E-state index contributed by atoms with van der Waals surface area (Å²) in [5.74, 6) is 0. The molecule has 0 bridgehead atoms. The van der Waals surface area contributed by atoms with E-state index >= 15 is 0 Å². The van der Waals surface area contributed by atoms with Gasteiger partial charge in [-0.3, -0.25) is 0 Å². The molecule has 0 amide bonds. The van der Waals surface area contributed by atoms with Crippen molar-refractivity contribution < 1.29 is 4.42 Å². The Kier molecular flexibility index (Phi) is 10.1. The van der Waals surface area contributed by atoms with Crippen molar-refractivity contribution in [1.82, 2.24) is 0 Å². The van der Waals surface area contributed by atoms with E-state index in [4.69, 9.17) is 4.42 Å². The highest BCUT2D eigenvalue weighted by atomic mass is 16.3. The number of fused-ring (bicyclic) bond motifs is 7. The van der Waals surface area contributed by atoms with Gasteiger partial charge in [0.1, 0.15) is 11.2 Å². The van der Waals surface area contributed by atoms with Gasteiger partial charge in [0.2, 0.25) is 0 Å². The van der Waals surface area contributed by atoms with E-state index in [-0.39, 0.29) is 0 Å². The van der Waals surface area contributed by atoms with Gasteiger partial charge in [-0.1, -0.05) is 231 Å². The molecular weight excluding hydrogens is 883 g/mol. The number of hydrogen-bond acceptors (Lipinski definition) is 2. The molecule has 0 saturated carbocycles. The summed E-state index contributed by atoms with van der Waals surface area (Å²) in [5, 5.41) is 4.74. The molecule has 0 radical (unpaired) electrons. The third kappa shape index (κ3) is 7.02. The Hall–Kier alpha value is -9.50. The van der Waals surface area contributed by atoms with Crippen LogP contribution in [0.15, 0.2) is 290 Å². The van der Waals surface area contributed by atoms with Crippen molar-refractivity contribution >= 4 is 49.8 Å². The fourth-order valence-electron chi connectivity index (χ4n) is 11.8. The van der Waals surface area contributed by atoms with E-state index in [0.29, 0.717) is 0 Å². The maximum Gasteiger partial charge on any atom is 0.136 e. The quantitative estimate of drug-likeness (QED) is 0.143. The smallest absolute Gasteiger partial charge is 0.136 e. The molecule has 2 heteroatoms. The first-order valence-electron chi connectivity index (χ1n) is 25.1. The van der Waals surface area contributed by atoms with Crippen LogP contribution in [-0.2, 0) is 5.41 Å². The van der Waals surface area contributed by atoms with Gasteiger partial charge in [0.05, 0.1) is 11.1 Å². The van der Waals surface area contributed by atoms with E-state index in [2.05, 4.69) is 278 Å². The van der Waals surface area contributed by atoms with Gasteiger partial charge < -0.3 is 9.32 Å². The predicted molar refractivity (Wildman–Crippen MR) is 305 cm³/mol. The molecule has 342 valence electrons. The van der Waals surface area contributed by atoms with E-state index in [1.807, 2.05) is 12.1 Å². The van der Waals surface area contributed by atoms with Gasteiger partial charge in [-0.25, -0.2) is 0 Å². The fourth-order valence-corrected chi connectivity index (χ4v) is 11.8. The number of benzene rings is 12. The molecule has 1 heterocycles. The molecule has 0 atom stereocenters. The zero-order valence-corrected chi connectivity index (χ0v) is 40.0. The van der Waals surface area contributed by atoms with E-state index in [1.54, 1.807) is 0 Å². The number of para-hydroxylation sites is 2. The second-order valence-electron chi connectivity index (χ2n) is 19.2. The monoisotopic (exact) mass is 929 g/mol. The Bertz CT molecular complexity index is 4130. The minimum absolute atomic E-state index is 0.471. The van der Waals surface area contributed by atoms with E-state index in [9.17, 15) is 0 Å². The second kappa shape index (κ2) is 17.4. The zero-order valence-electron chi connectivity index (χ0n) is 40.0. The summed E-state index contributed by atoms with van der Waals surface area (Å²) in [6.07, 6.45) is 0. The molecule has 1 aliphatic rings. The lowest BCUT2D eigenvalue weighted by Crippen LogP contribution is -2.28. The van der Waals surface area contributed by atoms with Gasteiger partial charge >= 0.3 is 0 Å². The first-order valence-corrected chi connectivity index (χ1v) is 25.1. The Labute approximate surface area is 425 Å². The standard InChI is InChI=1S/C71H47NO/c1-3-18-56(19-4-1)71(57-20-5-2-6-21-57)65-26-12-9-24-64(65)70-61(25-15-27-66(70)71)52-38-43-59(44-39-52)72(67-28-13-10-22-60(67)55-40-45-63-62-23-11-14-29-68(62)73-69(63)47-55)58-41-36-50(37-42-58)49-30-32-51(33-31-49)54-35-34-48-16-7-8-17-53(48)46-54/h1-47H. The van der Waals surface area contributed by atoms with Crippen LogP contribution in [0.3, 0.4) is 0 Å². The van der Waals surface area contributed by atoms with Gasteiger partial charge in [0.25, 0.3) is 0 Å². The van der Waals surface area contributed by atoms with Crippen molar-refractivity contribution in [1.29, 1.82) is 0 Å². The summed E-state index contributed by atoms with van der Waals surface area (Å²) in [5.41, 5.74) is 21.5. The van der Waals surface area contributed by atoms with Crippen LogP contribution in [0.25, 0.3) is 88.3 Å². The van der Waals surface area contributed by atoms with Crippen molar-refractivity contribution in [2.45, 2.75) is 5.41 Å². The lowest BCUT2D eigenvalue weighted by molar-refractivity contribution is 0.669. The number of hydrogen-bond donors (Lipinski definition) is 0. The van der Waals surface area contributed by atoms with E-state index < -0.39 is 5.41 Å². The first kappa shape index (κ1) is 42.4. The number of rotatable bonds is 9. The largest absolute Gasteiger partial charge is 0.456 e. The molecule has 1 aliphatic carbocycles. The predicted octanol–water partition coefficient (Wildman–Crippen LogP) is 19.2. The van der Waals surface area contributed by atoms with Crippen LogP contribution < -0.4 is 4.90 Å². The van der Waals surface area contributed by atoms with Gasteiger partial charge in [-0.15, -0.1) is 0 Å². The summed E-state index contributed by atoms with van der Waals surface area (Å²) in [6.45, 7) is 0. The average Bonchev–Trinajstić information content (AvgIpc) is 4.05. The van der Waals surface area contributed by atoms with Crippen molar-refractivity contribution in [3.05, 3.63) is 307 Å². The highest BCUT2D eigenvalue weighted by molar-refractivity contribution is 6.06. The van der Waals surface area contributed by atoms with Crippen molar-refractivity contribution in [2.24, 2.45) is 0 Å². The fraction of sp³-hybridized carbons (Fsp3) is 0.0141. The molecule has 1 aromatic heterocycles. The number of furan rings is 1. The minimum atomic E-state index is -0.471. The van der Waals surface area contributed by atoms with Crippen LogP contribution in [0.2, 0.25) is 0 Å². The lowest BCUT2D eigenvalue weighted by atomic mass is 9.67. The highest BCUT2D eigenvalue weighted by Gasteiger charge is 2.46. The maximum absolute atomic E-state index is 6.45. The Morgan fingerprint density at radius 1 is 0.288 bits per heavy atom. The van der Waals surface area contributed by atoms with Crippen molar-refractivity contribution in [3.8, 4) is 55.6 Å². The minimum Gasteiger partial charge on any atom is -0.456 e. The maximum atomic E-state index is 6.45. The lowest BCUT2D eigenvalue weighted by Gasteiger charge is -2.34. The number of nitrogens with zero attached hydrogens (tertiary/aromatic N) is 1. The summed E-state index contributed by atoms with van der Waals surface area (Å²) in [6, 6.07) is 104. The number of anilines is 3. The first-order chi connectivity index (χ1) is 36.2. The van der Waals surface area contributed by atoms with Crippen molar-refractivity contribution in [3.63, 3.8) is 0 Å². The molecule has 0 N–H and O–H groups in total. The summed E-state index contributed by atoms with van der Waals surface area (Å²) < 4.78 is 6.45. The Balaban J connectivity index is 0.880. The van der Waals surface area contributed by atoms with Crippen LogP contribution in [-0.4, -0.2) is 0 Å². The van der Waals surface area contributed by atoms with Gasteiger partial charge in [-0.2, -0.15) is 0 Å². The third-order valence-electron chi connectivity index (χ3n) is 15.2. The molecule has 12 aromatic carbocycles. The Morgan fingerprint density at radius 2 is 0.795 bits per heavy atom. The normalized spacial score (nSPS) is 12.5. The SMILES string of the molecule is c1ccc(C2(c3ccccc3)c3ccccc3-c3c(-c4ccc(N(c5ccc(-c6ccc(-c7ccc8ccccc8c7)cc6)cc5)c5ccccc5-c5ccc6c(c5)oc5ccccc56)cc4)cccc32)cc1. The second-order valence-corrected chi connectivity index (χ2v) is 19.2. The molecule has 0 fully saturated rings. The summed E-state index contributed by atoms with van der Waals surface area (Å²) in [7, 11) is 0. The molecule has 13 aromatic rings. The molecule has 2 nitrogen and oxygen atoms in total. The van der Waals surface area contributed by atoms with Gasteiger partial charge in [0.15, 0.2) is 0 Å². The van der Waals surface area contributed by atoms with Crippen LogP contribution >= 0.6 is 0 Å². The van der Waals surface area contributed by atoms with Crippen LogP contribution in [0.1, 0.15) is 22.3 Å². The van der Waals surface area contributed by atoms with Gasteiger partial charge in [-0.05, 0) is 138 Å². The zero-order chi connectivity index (χ0) is 48.3. The summed E-state index contributed by atoms with van der Waals surface area (Å²) >= 11 is 0. The van der Waals surface area contributed by atoms with Crippen LogP contribution in [0.4, 0.5) is 17.1 Å². The van der Waals surface area contributed by atoms with E-state index in [0.717, 1.165) is 55.7 Å². The molecule has 0 saturated heterocycles. The summed E-state index contributed by atoms with van der Waals surface area (Å²) in [4.78, 5) is 2.40. The molecule has 73 heavy (non-hydrogen) atoms. The van der Waals surface area contributed by atoms with Crippen molar-refractivity contribution in [2.75, 3.05) is 4.90 Å². The van der Waals surface area contributed by atoms with Crippen LogP contribution in [0, 0.1) is 0 Å². The molecule has 14 rings (SSSR count). The molecular formula is C71H47NO. The van der Waals surface area contributed by atoms with Crippen LogP contribution in [0.5, 0.6) is 0 Å². The third-order valence-corrected chi connectivity index (χ3v) is 15.2. The molecule has 0 aliphatic heterocycles.